The Morgan fingerprint density at radius 1 is 0.431 bits per heavy atom. The van der Waals surface area contributed by atoms with Gasteiger partial charge in [-0.05, 0) is 0 Å². The van der Waals surface area contributed by atoms with Crippen LogP contribution in [-0.2, 0) is 27.2 Å². The number of benzene rings is 6. The summed E-state index contributed by atoms with van der Waals surface area (Å²) in [7, 11) is -8.01. The van der Waals surface area contributed by atoms with Gasteiger partial charge in [0.05, 0.1) is 0 Å². The van der Waals surface area contributed by atoms with Gasteiger partial charge in [-0.15, -0.1) is 0 Å². The average molecular weight is 755 g/mol. The van der Waals surface area contributed by atoms with Crippen LogP contribution in [0.15, 0.2) is 182 Å². The standard InChI is InChI=1S/C42H44O5P2S2/c1-3-35-48(37-23-11-5-12-24-37,38-25-13-6-14-26-38,39-27-15-7-16-28-39)46-50(43)51(44,45)47-49(36-4-2,40-29-17-8-18-30-40,41-31-19-9-20-32-41)42-33-21-10-22-34-42/h5-34H,3-4,35-36H2,1-2H3. The zero-order chi connectivity index (χ0) is 35.9. The van der Waals surface area contributed by atoms with E-state index in [2.05, 4.69) is 0 Å². The molecule has 0 spiro atoms. The molecule has 0 aromatic heterocycles. The topological polar surface area (TPSA) is 69.7 Å². The second kappa shape index (κ2) is 15.0. The number of rotatable bonds is 15. The average Bonchev–Trinajstić information content (AvgIpc) is 3.19. The summed E-state index contributed by atoms with van der Waals surface area (Å²) in [4.78, 5) is 0. The monoisotopic (exact) mass is 754 g/mol. The van der Waals surface area contributed by atoms with Gasteiger partial charge in [0.2, 0.25) is 0 Å². The minimum absolute atomic E-state index is 0.356. The summed E-state index contributed by atoms with van der Waals surface area (Å²) in [5.41, 5.74) is 0. The van der Waals surface area contributed by atoms with Gasteiger partial charge in [0.15, 0.2) is 0 Å². The predicted octanol–water partition coefficient (Wildman–Crippen LogP) is 7.64. The van der Waals surface area contributed by atoms with E-state index in [-0.39, 0.29) is 0 Å². The summed E-state index contributed by atoms with van der Waals surface area (Å²) in [6.45, 7) is -4.63. The first-order valence-corrected chi connectivity index (χ1v) is 24.9. The molecular weight excluding hydrogens is 711 g/mol. The van der Waals surface area contributed by atoms with Gasteiger partial charge in [0, 0.05) is 0 Å². The van der Waals surface area contributed by atoms with E-state index in [9.17, 15) is 0 Å². The van der Waals surface area contributed by atoms with Crippen LogP contribution < -0.4 is 31.8 Å². The van der Waals surface area contributed by atoms with Gasteiger partial charge >= 0.3 is 306 Å². The van der Waals surface area contributed by atoms with Crippen LogP contribution in [0.25, 0.3) is 0 Å². The maximum absolute atomic E-state index is 15.3. The first-order valence-electron chi connectivity index (χ1n) is 17.2. The zero-order valence-corrected chi connectivity index (χ0v) is 32.3. The van der Waals surface area contributed by atoms with Crippen LogP contribution in [0.1, 0.15) is 26.7 Å². The summed E-state index contributed by atoms with van der Waals surface area (Å²) in [6.07, 6.45) is 1.99. The molecule has 0 aliphatic carbocycles. The zero-order valence-electron chi connectivity index (χ0n) is 28.9. The first kappa shape index (κ1) is 37.0. The van der Waals surface area contributed by atoms with Crippen molar-refractivity contribution in [2.45, 2.75) is 26.7 Å². The van der Waals surface area contributed by atoms with Crippen molar-refractivity contribution in [3.05, 3.63) is 182 Å². The third-order valence-corrected chi connectivity index (χ3v) is 27.0. The maximum atomic E-state index is 15.3. The minimum atomic E-state index is -5.02. The van der Waals surface area contributed by atoms with Crippen molar-refractivity contribution in [3.63, 3.8) is 0 Å². The quantitative estimate of drug-likeness (QED) is 0.0797. The summed E-state index contributed by atoms with van der Waals surface area (Å²) in [6, 6.07) is 57.8. The molecule has 0 saturated heterocycles. The molecule has 0 radical (unpaired) electrons. The van der Waals surface area contributed by atoms with Crippen LogP contribution >= 0.6 is 13.7 Å². The van der Waals surface area contributed by atoms with Crippen molar-refractivity contribution in [2.24, 2.45) is 0 Å². The van der Waals surface area contributed by atoms with Crippen molar-refractivity contribution in [1.82, 2.24) is 0 Å². The van der Waals surface area contributed by atoms with Crippen molar-refractivity contribution in [1.29, 1.82) is 0 Å². The molecule has 5 nitrogen and oxygen atoms in total. The Morgan fingerprint density at radius 2 is 0.667 bits per heavy atom. The van der Waals surface area contributed by atoms with Crippen molar-refractivity contribution < 1.29 is 20.6 Å². The molecule has 0 bridgehead atoms. The Labute approximate surface area is 304 Å². The number of hydrogen-bond donors (Lipinski definition) is 0. The van der Waals surface area contributed by atoms with Crippen LogP contribution in [0.4, 0.5) is 0 Å². The molecule has 0 N–H and O–H groups in total. The van der Waals surface area contributed by atoms with Crippen LogP contribution in [-0.4, -0.2) is 25.0 Å². The van der Waals surface area contributed by atoms with Crippen molar-refractivity contribution in [3.8, 4) is 0 Å². The van der Waals surface area contributed by atoms with E-state index in [1.807, 2.05) is 196 Å². The van der Waals surface area contributed by atoms with Gasteiger partial charge in [-0.1, -0.05) is 0 Å². The van der Waals surface area contributed by atoms with Gasteiger partial charge < -0.3 is 0 Å². The van der Waals surface area contributed by atoms with Crippen molar-refractivity contribution in [2.75, 3.05) is 12.3 Å². The van der Waals surface area contributed by atoms with E-state index in [1.54, 1.807) is 0 Å². The molecule has 9 heteroatoms. The Balaban J connectivity index is 1.67. The second-order valence-electron chi connectivity index (χ2n) is 12.6. The van der Waals surface area contributed by atoms with Gasteiger partial charge in [-0.2, -0.15) is 0 Å². The molecule has 0 heterocycles. The summed E-state index contributed by atoms with van der Waals surface area (Å²) < 4.78 is 59.8. The molecular formula is C42H44O5P2S2. The van der Waals surface area contributed by atoms with Gasteiger partial charge in [0.1, 0.15) is 0 Å². The summed E-state index contributed by atoms with van der Waals surface area (Å²) in [5, 5.41) is 4.53. The first-order chi connectivity index (χ1) is 24.8. The van der Waals surface area contributed by atoms with E-state index in [0.29, 0.717) is 25.2 Å². The van der Waals surface area contributed by atoms with Crippen LogP contribution in [0.3, 0.4) is 0 Å². The van der Waals surface area contributed by atoms with Crippen LogP contribution in [0.2, 0.25) is 0 Å². The van der Waals surface area contributed by atoms with Crippen LogP contribution in [0.5, 0.6) is 0 Å². The molecule has 51 heavy (non-hydrogen) atoms. The third-order valence-electron chi connectivity index (χ3n) is 9.76. The number of hydrogen-bond acceptors (Lipinski definition) is 5. The Bertz CT molecular complexity index is 1970. The van der Waals surface area contributed by atoms with Crippen LogP contribution in [0, 0.1) is 0 Å². The summed E-state index contributed by atoms with van der Waals surface area (Å²) >= 11 is 0. The molecule has 0 aliphatic heterocycles. The SMILES string of the molecule is CCCP(OS(=O)S(=O)(=O)OP(CCC)(c1ccccc1)(c1ccccc1)c1ccccc1)(c1ccccc1)(c1ccccc1)c1ccccc1. The molecule has 0 saturated carbocycles. The fraction of sp³-hybridized carbons (Fsp3) is 0.143. The molecule has 0 aliphatic rings. The van der Waals surface area contributed by atoms with Gasteiger partial charge in [-0.25, -0.2) is 0 Å². The van der Waals surface area contributed by atoms with E-state index < -0.39 is 32.9 Å². The third kappa shape index (κ3) is 6.14. The van der Waals surface area contributed by atoms with Gasteiger partial charge in [0.25, 0.3) is 0 Å². The Hall–Kier alpha value is -3.80. The van der Waals surface area contributed by atoms with Gasteiger partial charge in [-0.3, -0.25) is 0 Å². The molecule has 0 amide bonds. The molecule has 264 valence electrons. The van der Waals surface area contributed by atoms with E-state index in [1.165, 1.54) is 0 Å². The Kier molecular flexibility index (Phi) is 10.9. The predicted molar refractivity (Wildman–Crippen MR) is 220 cm³/mol. The molecule has 1 unspecified atom stereocenters. The Morgan fingerprint density at radius 3 is 0.922 bits per heavy atom. The fourth-order valence-corrected chi connectivity index (χ4v) is 27.0. The fourth-order valence-electron chi connectivity index (χ4n) is 7.71. The van der Waals surface area contributed by atoms with Crippen molar-refractivity contribution >= 4 is 64.8 Å². The van der Waals surface area contributed by atoms with E-state index in [0.717, 1.165) is 31.8 Å². The molecule has 6 aromatic carbocycles. The second-order valence-corrected chi connectivity index (χ2v) is 25.9. The van der Waals surface area contributed by atoms with E-state index in [4.69, 9.17) is 7.94 Å². The molecule has 6 aromatic rings. The molecule has 6 rings (SSSR count). The molecule has 0 fully saturated rings. The summed E-state index contributed by atoms with van der Waals surface area (Å²) in [5.74, 6) is 0. The normalized spacial score (nSPS) is 14.4. The van der Waals surface area contributed by atoms with E-state index >= 15 is 12.6 Å². The molecule has 1 atom stereocenters.